The van der Waals surface area contributed by atoms with Gasteiger partial charge in [-0.3, -0.25) is 4.79 Å². The lowest BCUT2D eigenvalue weighted by Crippen LogP contribution is -2.37. The van der Waals surface area contributed by atoms with Gasteiger partial charge in [-0.05, 0) is 19.1 Å². The van der Waals surface area contributed by atoms with Gasteiger partial charge in [0.05, 0.1) is 6.04 Å². The first-order valence-electron chi connectivity index (χ1n) is 5.74. The van der Waals surface area contributed by atoms with Crippen molar-refractivity contribution in [2.45, 2.75) is 13.0 Å². The summed E-state index contributed by atoms with van der Waals surface area (Å²) in [6.07, 6.45) is 3.15. The highest BCUT2D eigenvalue weighted by Crippen LogP contribution is 2.08. The van der Waals surface area contributed by atoms with E-state index >= 15 is 0 Å². The molecule has 1 amide bonds. The molecule has 0 fully saturated rings. The second-order valence-corrected chi connectivity index (χ2v) is 3.94. The SMILES string of the molecule is CC(COc1ccccc1)NC(=O)c1ncc[nH]1. The van der Waals surface area contributed by atoms with E-state index in [0.29, 0.717) is 12.4 Å². The molecule has 5 heteroatoms. The van der Waals surface area contributed by atoms with Gasteiger partial charge in [0.15, 0.2) is 5.82 Å². The van der Waals surface area contributed by atoms with Crippen molar-refractivity contribution in [1.82, 2.24) is 15.3 Å². The third-order valence-electron chi connectivity index (χ3n) is 2.33. The van der Waals surface area contributed by atoms with Gasteiger partial charge >= 0.3 is 0 Å². The van der Waals surface area contributed by atoms with Gasteiger partial charge in [0.2, 0.25) is 0 Å². The Hall–Kier alpha value is -2.30. The van der Waals surface area contributed by atoms with Crippen LogP contribution in [0.2, 0.25) is 0 Å². The van der Waals surface area contributed by atoms with E-state index < -0.39 is 0 Å². The predicted octanol–water partition coefficient (Wildman–Crippen LogP) is 1.61. The van der Waals surface area contributed by atoms with Gasteiger partial charge in [-0.15, -0.1) is 0 Å². The molecule has 0 bridgehead atoms. The van der Waals surface area contributed by atoms with Gasteiger partial charge in [-0.25, -0.2) is 4.98 Å². The molecule has 1 aromatic heterocycles. The van der Waals surface area contributed by atoms with E-state index in [1.807, 2.05) is 37.3 Å². The highest BCUT2D eigenvalue weighted by Gasteiger charge is 2.11. The van der Waals surface area contributed by atoms with Crippen molar-refractivity contribution >= 4 is 5.91 Å². The maximum atomic E-state index is 11.7. The number of aromatic amines is 1. The summed E-state index contributed by atoms with van der Waals surface area (Å²) in [6.45, 7) is 2.29. The second kappa shape index (κ2) is 5.86. The number of nitrogens with one attached hydrogen (secondary N) is 2. The standard InChI is InChI=1S/C13H15N3O2/c1-10(9-18-11-5-3-2-4-6-11)16-13(17)12-14-7-8-15-12/h2-8,10H,9H2,1H3,(H,14,15)(H,16,17). The Kier molecular flexibility index (Phi) is 3.96. The van der Waals surface area contributed by atoms with Crippen LogP contribution in [0.15, 0.2) is 42.7 Å². The number of aromatic nitrogens is 2. The lowest BCUT2D eigenvalue weighted by atomic mass is 10.3. The minimum absolute atomic E-state index is 0.0946. The summed E-state index contributed by atoms with van der Waals surface area (Å²) in [5.74, 6) is 0.863. The molecular formula is C13H15N3O2. The van der Waals surface area contributed by atoms with Gasteiger partial charge < -0.3 is 15.0 Å². The molecule has 0 saturated heterocycles. The minimum Gasteiger partial charge on any atom is -0.491 e. The molecular weight excluding hydrogens is 230 g/mol. The van der Waals surface area contributed by atoms with Crippen molar-refractivity contribution in [3.8, 4) is 5.75 Å². The molecule has 1 aromatic carbocycles. The molecule has 1 heterocycles. The highest BCUT2D eigenvalue weighted by molar-refractivity contribution is 5.90. The number of carbonyl (C=O) groups excluding carboxylic acids is 1. The Balaban J connectivity index is 1.79. The van der Waals surface area contributed by atoms with E-state index in [4.69, 9.17) is 4.74 Å². The summed E-state index contributed by atoms with van der Waals surface area (Å²) in [6, 6.07) is 9.39. The number of imidazole rings is 1. The molecule has 2 N–H and O–H groups in total. The summed E-state index contributed by atoms with van der Waals surface area (Å²) in [4.78, 5) is 18.3. The van der Waals surface area contributed by atoms with Crippen LogP contribution in [0.4, 0.5) is 0 Å². The van der Waals surface area contributed by atoms with Crippen LogP contribution in [-0.2, 0) is 0 Å². The topological polar surface area (TPSA) is 67.0 Å². The Morgan fingerprint density at radius 1 is 1.44 bits per heavy atom. The van der Waals surface area contributed by atoms with E-state index in [2.05, 4.69) is 15.3 Å². The Morgan fingerprint density at radius 2 is 2.22 bits per heavy atom. The number of H-pyrrole nitrogens is 1. The molecule has 2 aromatic rings. The van der Waals surface area contributed by atoms with Crippen LogP contribution < -0.4 is 10.1 Å². The maximum absolute atomic E-state index is 11.7. The molecule has 0 aliphatic carbocycles. The van der Waals surface area contributed by atoms with Crippen molar-refractivity contribution in [2.24, 2.45) is 0 Å². The zero-order chi connectivity index (χ0) is 12.8. The first kappa shape index (κ1) is 12.2. The molecule has 0 spiro atoms. The number of carbonyl (C=O) groups is 1. The molecule has 1 atom stereocenters. The number of benzene rings is 1. The van der Waals surface area contributed by atoms with Gasteiger partial charge in [0.1, 0.15) is 12.4 Å². The smallest absolute Gasteiger partial charge is 0.287 e. The number of hydrogen-bond acceptors (Lipinski definition) is 3. The van der Waals surface area contributed by atoms with Crippen LogP contribution in [0.3, 0.4) is 0 Å². The predicted molar refractivity (Wildman–Crippen MR) is 67.5 cm³/mol. The minimum atomic E-state index is -0.232. The van der Waals surface area contributed by atoms with Crippen molar-refractivity contribution < 1.29 is 9.53 Å². The largest absolute Gasteiger partial charge is 0.491 e. The van der Waals surface area contributed by atoms with Gasteiger partial charge in [-0.1, -0.05) is 18.2 Å². The first-order chi connectivity index (χ1) is 8.75. The van der Waals surface area contributed by atoms with Crippen molar-refractivity contribution in [1.29, 1.82) is 0 Å². The lowest BCUT2D eigenvalue weighted by molar-refractivity contribution is 0.0917. The fraction of sp³-hybridized carbons (Fsp3) is 0.231. The molecule has 94 valence electrons. The molecule has 0 aliphatic rings. The molecule has 18 heavy (non-hydrogen) atoms. The number of amides is 1. The molecule has 1 unspecified atom stereocenters. The summed E-state index contributed by atoms with van der Waals surface area (Å²) in [5.41, 5.74) is 0. The summed E-state index contributed by atoms with van der Waals surface area (Å²) in [5, 5.41) is 2.79. The van der Waals surface area contributed by atoms with Gasteiger partial charge in [0, 0.05) is 12.4 Å². The first-order valence-corrected chi connectivity index (χ1v) is 5.74. The maximum Gasteiger partial charge on any atom is 0.287 e. The molecule has 0 saturated carbocycles. The van der Waals surface area contributed by atoms with Crippen LogP contribution >= 0.6 is 0 Å². The normalized spacial score (nSPS) is 11.8. The van der Waals surface area contributed by atoms with Gasteiger partial charge in [0.25, 0.3) is 5.91 Å². The average Bonchev–Trinajstić information content (AvgIpc) is 2.91. The molecule has 0 aliphatic heterocycles. The summed E-state index contributed by atoms with van der Waals surface area (Å²) < 4.78 is 5.54. The third-order valence-corrected chi connectivity index (χ3v) is 2.33. The Labute approximate surface area is 105 Å². The van der Waals surface area contributed by atoms with Gasteiger partial charge in [-0.2, -0.15) is 0 Å². The van der Waals surface area contributed by atoms with Crippen LogP contribution in [0.5, 0.6) is 5.75 Å². The molecule has 5 nitrogen and oxygen atoms in total. The number of nitrogens with zero attached hydrogens (tertiary/aromatic N) is 1. The lowest BCUT2D eigenvalue weighted by Gasteiger charge is -2.14. The molecule has 0 radical (unpaired) electrons. The zero-order valence-corrected chi connectivity index (χ0v) is 10.1. The Morgan fingerprint density at radius 3 is 2.89 bits per heavy atom. The highest BCUT2D eigenvalue weighted by atomic mass is 16.5. The number of hydrogen-bond donors (Lipinski definition) is 2. The Bertz CT molecular complexity index is 482. The number of para-hydroxylation sites is 1. The zero-order valence-electron chi connectivity index (χ0n) is 10.1. The third kappa shape index (κ3) is 3.35. The molecule has 2 rings (SSSR count). The summed E-state index contributed by atoms with van der Waals surface area (Å²) >= 11 is 0. The fourth-order valence-corrected chi connectivity index (χ4v) is 1.46. The van der Waals surface area contributed by atoms with Crippen molar-refractivity contribution in [2.75, 3.05) is 6.61 Å². The van der Waals surface area contributed by atoms with E-state index in [1.165, 1.54) is 0 Å². The summed E-state index contributed by atoms with van der Waals surface area (Å²) in [7, 11) is 0. The van der Waals surface area contributed by atoms with Crippen LogP contribution in [-0.4, -0.2) is 28.5 Å². The van der Waals surface area contributed by atoms with E-state index in [1.54, 1.807) is 12.4 Å². The van der Waals surface area contributed by atoms with Crippen LogP contribution in [0, 0.1) is 0 Å². The fourth-order valence-electron chi connectivity index (χ4n) is 1.46. The number of rotatable bonds is 5. The van der Waals surface area contributed by atoms with Crippen LogP contribution in [0.1, 0.15) is 17.5 Å². The van der Waals surface area contributed by atoms with Crippen LogP contribution in [0.25, 0.3) is 0 Å². The average molecular weight is 245 g/mol. The van der Waals surface area contributed by atoms with Crippen molar-refractivity contribution in [3.63, 3.8) is 0 Å². The van der Waals surface area contributed by atoms with Crippen molar-refractivity contribution in [3.05, 3.63) is 48.5 Å². The van der Waals surface area contributed by atoms with E-state index in [0.717, 1.165) is 5.75 Å². The monoisotopic (exact) mass is 245 g/mol. The van der Waals surface area contributed by atoms with E-state index in [9.17, 15) is 4.79 Å². The van der Waals surface area contributed by atoms with E-state index in [-0.39, 0.29) is 11.9 Å². The quantitative estimate of drug-likeness (QED) is 0.841. The second-order valence-electron chi connectivity index (χ2n) is 3.94. The number of ether oxygens (including phenoxy) is 1.